The molecule has 21 heavy (non-hydrogen) atoms. The molecule has 0 unspecified atom stereocenters. The van der Waals surface area contributed by atoms with Crippen LogP contribution in [0.5, 0.6) is 0 Å². The number of halogens is 1. The maximum Gasteiger partial charge on any atom is 0.270 e. The number of nitrogens with one attached hydrogen (secondary N) is 1. The first-order valence-corrected chi connectivity index (χ1v) is 7.62. The molecule has 2 aromatic rings. The zero-order valence-electron chi connectivity index (χ0n) is 12.0. The fourth-order valence-electron chi connectivity index (χ4n) is 3.27. The number of rotatable bonds is 3. The fraction of sp³-hybridized carbons (Fsp3) is 0.438. The summed E-state index contributed by atoms with van der Waals surface area (Å²) in [7, 11) is 1.84. The summed E-state index contributed by atoms with van der Waals surface area (Å²) in [6.07, 6.45) is 3.70. The van der Waals surface area contributed by atoms with Gasteiger partial charge in [0.2, 0.25) is 0 Å². The molecule has 2 N–H and O–H groups in total. The van der Waals surface area contributed by atoms with Gasteiger partial charge in [-0.25, -0.2) is 0 Å². The van der Waals surface area contributed by atoms with Gasteiger partial charge in [-0.1, -0.05) is 42.6 Å². The van der Waals surface area contributed by atoms with E-state index in [4.69, 9.17) is 11.6 Å². The summed E-state index contributed by atoms with van der Waals surface area (Å²) in [6.45, 7) is -0.0275. The summed E-state index contributed by atoms with van der Waals surface area (Å²) in [6, 6.07) is 7.68. The third-order valence-electron chi connectivity index (χ3n) is 4.50. The van der Waals surface area contributed by atoms with Crippen LogP contribution in [-0.4, -0.2) is 27.7 Å². The molecule has 4 nitrogen and oxygen atoms in total. The van der Waals surface area contributed by atoms with Crippen LogP contribution in [0, 0.1) is 0 Å². The molecule has 1 aliphatic rings. The van der Waals surface area contributed by atoms with E-state index in [1.807, 2.05) is 35.9 Å². The van der Waals surface area contributed by atoms with Crippen molar-refractivity contribution < 1.29 is 9.90 Å². The molecule has 1 amide bonds. The largest absolute Gasteiger partial charge is 0.394 e. The summed E-state index contributed by atoms with van der Waals surface area (Å²) < 4.78 is 1.81. The SMILES string of the molecule is Cn1c(C(=O)NC2(CO)CCCC2)c(Cl)c2ccccc21. The Morgan fingerprint density at radius 2 is 2.05 bits per heavy atom. The highest BCUT2D eigenvalue weighted by atomic mass is 35.5. The van der Waals surface area contributed by atoms with Crippen molar-refractivity contribution in [3.05, 3.63) is 35.0 Å². The Labute approximate surface area is 128 Å². The summed E-state index contributed by atoms with van der Waals surface area (Å²) in [5, 5.41) is 14.0. The highest BCUT2D eigenvalue weighted by Gasteiger charge is 2.36. The maximum atomic E-state index is 12.6. The van der Waals surface area contributed by atoms with Crippen molar-refractivity contribution in [3.8, 4) is 0 Å². The van der Waals surface area contributed by atoms with Gasteiger partial charge in [0.15, 0.2) is 0 Å². The second kappa shape index (κ2) is 5.35. The minimum atomic E-state index is -0.489. The summed E-state index contributed by atoms with van der Waals surface area (Å²) in [5.74, 6) is -0.213. The zero-order valence-corrected chi connectivity index (χ0v) is 12.8. The number of amides is 1. The number of carbonyl (C=O) groups is 1. The Morgan fingerprint density at radius 3 is 2.67 bits per heavy atom. The third-order valence-corrected chi connectivity index (χ3v) is 4.88. The average molecular weight is 307 g/mol. The lowest BCUT2D eigenvalue weighted by molar-refractivity contribution is 0.0831. The molecule has 0 bridgehead atoms. The van der Waals surface area contributed by atoms with Crippen LogP contribution in [0.15, 0.2) is 24.3 Å². The highest BCUT2D eigenvalue weighted by Crippen LogP contribution is 2.32. The van der Waals surface area contributed by atoms with Gasteiger partial charge in [0.1, 0.15) is 5.69 Å². The predicted molar refractivity (Wildman–Crippen MR) is 83.7 cm³/mol. The summed E-state index contributed by atoms with van der Waals surface area (Å²) >= 11 is 6.39. The van der Waals surface area contributed by atoms with Crippen LogP contribution >= 0.6 is 11.6 Å². The molecule has 0 radical (unpaired) electrons. The first kappa shape index (κ1) is 14.4. The van der Waals surface area contributed by atoms with Gasteiger partial charge >= 0.3 is 0 Å². The second-order valence-corrected chi connectivity index (χ2v) is 6.22. The zero-order chi connectivity index (χ0) is 15.0. The summed E-state index contributed by atoms with van der Waals surface area (Å²) in [4.78, 5) is 12.6. The molecule has 1 aromatic carbocycles. The topological polar surface area (TPSA) is 54.3 Å². The minimum Gasteiger partial charge on any atom is -0.394 e. The molecular weight excluding hydrogens is 288 g/mol. The van der Waals surface area contributed by atoms with E-state index < -0.39 is 5.54 Å². The smallest absolute Gasteiger partial charge is 0.270 e. The van der Waals surface area contributed by atoms with Gasteiger partial charge < -0.3 is 15.0 Å². The number of para-hydroxylation sites is 1. The Balaban J connectivity index is 1.98. The van der Waals surface area contributed by atoms with Crippen LogP contribution in [0.4, 0.5) is 0 Å². The van der Waals surface area contributed by atoms with Crippen molar-refractivity contribution >= 4 is 28.4 Å². The first-order chi connectivity index (χ1) is 10.1. The van der Waals surface area contributed by atoms with E-state index in [2.05, 4.69) is 5.32 Å². The van der Waals surface area contributed by atoms with Crippen LogP contribution in [-0.2, 0) is 7.05 Å². The molecule has 1 saturated carbocycles. The number of aryl methyl sites for hydroxylation is 1. The molecule has 1 aromatic heterocycles. The van der Waals surface area contributed by atoms with Crippen LogP contribution in [0.3, 0.4) is 0 Å². The number of aliphatic hydroxyl groups is 1. The van der Waals surface area contributed by atoms with Crippen molar-refractivity contribution in [2.45, 2.75) is 31.2 Å². The number of aliphatic hydroxyl groups excluding tert-OH is 1. The van der Waals surface area contributed by atoms with Crippen molar-refractivity contribution in [3.63, 3.8) is 0 Å². The van der Waals surface area contributed by atoms with Crippen molar-refractivity contribution in [2.24, 2.45) is 7.05 Å². The molecule has 112 valence electrons. The maximum absolute atomic E-state index is 12.6. The number of benzene rings is 1. The van der Waals surface area contributed by atoms with E-state index >= 15 is 0 Å². The van der Waals surface area contributed by atoms with Gasteiger partial charge in [0, 0.05) is 18.0 Å². The van der Waals surface area contributed by atoms with Crippen LogP contribution in [0.2, 0.25) is 5.02 Å². The molecule has 0 saturated heterocycles. The number of aromatic nitrogens is 1. The molecule has 0 spiro atoms. The number of fused-ring (bicyclic) bond motifs is 1. The molecule has 1 heterocycles. The van der Waals surface area contributed by atoms with Crippen LogP contribution in [0.25, 0.3) is 10.9 Å². The van der Waals surface area contributed by atoms with Crippen molar-refractivity contribution in [1.29, 1.82) is 0 Å². The molecule has 1 aliphatic carbocycles. The summed E-state index contributed by atoms with van der Waals surface area (Å²) in [5.41, 5.74) is 0.895. The Kier molecular flexibility index (Phi) is 3.68. The van der Waals surface area contributed by atoms with E-state index in [0.717, 1.165) is 36.6 Å². The Hall–Kier alpha value is -1.52. The number of hydrogen-bond donors (Lipinski definition) is 2. The van der Waals surface area contributed by atoms with Gasteiger partial charge in [-0.3, -0.25) is 4.79 Å². The molecule has 0 atom stereocenters. The molecule has 1 fully saturated rings. The second-order valence-electron chi connectivity index (χ2n) is 5.84. The van der Waals surface area contributed by atoms with Gasteiger partial charge in [0.25, 0.3) is 5.91 Å². The molecule has 0 aliphatic heterocycles. The minimum absolute atomic E-state index is 0.0275. The average Bonchev–Trinajstić information content (AvgIpc) is 3.05. The van der Waals surface area contributed by atoms with Crippen molar-refractivity contribution in [1.82, 2.24) is 9.88 Å². The number of hydrogen-bond acceptors (Lipinski definition) is 2. The lowest BCUT2D eigenvalue weighted by Crippen LogP contribution is -2.49. The Bertz CT molecular complexity index is 648. The normalized spacial score (nSPS) is 17.3. The van der Waals surface area contributed by atoms with Gasteiger partial charge in [0.05, 0.1) is 17.2 Å². The van der Waals surface area contributed by atoms with E-state index in [1.54, 1.807) is 0 Å². The lowest BCUT2D eigenvalue weighted by atomic mass is 9.99. The van der Waals surface area contributed by atoms with E-state index in [0.29, 0.717) is 10.7 Å². The van der Waals surface area contributed by atoms with Crippen LogP contribution < -0.4 is 5.32 Å². The lowest BCUT2D eigenvalue weighted by Gasteiger charge is -2.28. The van der Waals surface area contributed by atoms with Crippen molar-refractivity contribution in [2.75, 3.05) is 6.61 Å². The molecule has 3 rings (SSSR count). The molecular formula is C16H19ClN2O2. The van der Waals surface area contributed by atoms with E-state index in [1.165, 1.54) is 0 Å². The van der Waals surface area contributed by atoms with Crippen LogP contribution in [0.1, 0.15) is 36.2 Å². The van der Waals surface area contributed by atoms with Gasteiger partial charge in [-0.2, -0.15) is 0 Å². The monoisotopic (exact) mass is 306 g/mol. The third kappa shape index (κ3) is 2.32. The Morgan fingerprint density at radius 1 is 1.38 bits per heavy atom. The number of carbonyl (C=O) groups excluding carboxylic acids is 1. The van der Waals surface area contributed by atoms with E-state index in [-0.39, 0.29) is 12.5 Å². The predicted octanol–water partition coefficient (Wildman–Crippen LogP) is 2.87. The fourth-order valence-corrected chi connectivity index (χ4v) is 3.65. The first-order valence-electron chi connectivity index (χ1n) is 7.24. The quantitative estimate of drug-likeness (QED) is 0.916. The highest BCUT2D eigenvalue weighted by molar-refractivity contribution is 6.38. The number of nitrogens with zero attached hydrogens (tertiary/aromatic N) is 1. The van der Waals surface area contributed by atoms with Gasteiger partial charge in [-0.15, -0.1) is 0 Å². The van der Waals surface area contributed by atoms with Gasteiger partial charge in [-0.05, 0) is 18.9 Å². The van der Waals surface area contributed by atoms with E-state index in [9.17, 15) is 9.90 Å². The molecule has 5 heteroatoms. The standard InChI is InChI=1S/C16H19ClN2O2/c1-19-12-7-3-2-6-11(12)13(17)14(19)15(21)18-16(10-20)8-4-5-9-16/h2-3,6-7,20H,4-5,8-10H2,1H3,(H,18,21).